The van der Waals surface area contributed by atoms with Crippen LogP contribution in [0.5, 0.6) is 0 Å². The average molecular weight is 513 g/mol. The normalized spacial score (nSPS) is 22.4. The van der Waals surface area contributed by atoms with Gasteiger partial charge in [-0.05, 0) is 44.1 Å². The second-order valence-electron chi connectivity index (χ2n) is 8.06. The highest BCUT2D eigenvalue weighted by atomic mass is 32.2. The highest BCUT2D eigenvalue weighted by Crippen LogP contribution is 2.26. The van der Waals surface area contributed by atoms with Gasteiger partial charge in [0.05, 0.1) is 24.5 Å². The molecule has 0 saturated carbocycles. The van der Waals surface area contributed by atoms with Crippen LogP contribution in [0.1, 0.15) is 41.0 Å². The Morgan fingerprint density at radius 3 is 2.56 bits per heavy atom. The fourth-order valence-corrected chi connectivity index (χ4v) is 5.40. The minimum absolute atomic E-state index is 0.124. The Morgan fingerprint density at radius 2 is 1.91 bits per heavy atom. The molecule has 0 aromatic carbocycles. The van der Waals surface area contributed by atoms with E-state index < -0.39 is 24.0 Å². The molecule has 3 rings (SSSR count). The quantitative estimate of drug-likeness (QED) is 0.409. The minimum Gasteiger partial charge on any atom is -0.549 e. The van der Waals surface area contributed by atoms with Gasteiger partial charge in [0.25, 0.3) is 5.91 Å². The number of aromatic nitrogens is 2. The summed E-state index contributed by atoms with van der Waals surface area (Å²) >= 11 is 1.87. The van der Waals surface area contributed by atoms with E-state index in [-0.39, 0.29) is 48.2 Å². The van der Waals surface area contributed by atoms with Crippen molar-refractivity contribution in [1.29, 1.82) is 0 Å². The number of hydrogen-bond donors (Lipinski definition) is 1. The van der Waals surface area contributed by atoms with Gasteiger partial charge in [-0.25, -0.2) is 4.79 Å². The summed E-state index contributed by atoms with van der Waals surface area (Å²) in [5, 5.41) is 17.4. The molecule has 0 unspecified atom stereocenters. The van der Waals surface area contributed by atoms with Gasteiger partial charge >= 0.3 is 5.97 Å². The van der Waals surface area contributed by atoms with Crippen molar-refractivity contribution in [1.82, 2.24) is 24.7 Å². The summed E-state index contributed by atoms with van der Waals surface area (Å²) in [4.78, 5) is 65.1. The van der Waals surface area contributed by atoms with Crippen molar-refractivity contribution in [2.75, 3.05) is 31.7 Å². The zero-order valence-electron chi connectivity index (χ0n) is 18.9. The van der Waals surface area contributed by atoms with E-state index >= 15 is 0 Å². The van der Waals surface area contributed by atoms with Gasteiger partial charge in [-0.2, -0.15) is 0 Å². The minimum atomic E-state index is -1.28. The first-order valence-corrected chi connectivity index (χ1v) is 12.7. The zero-order chi connectivity index (χ0) is 24.8. The number of carbonyl (C=O) groups excluding carboxylic acids is 5. The summed E-state index contributed by atoms with van der Waals surface area (Å²) in [6.07, 6.45) is 1.68. The number of carboxylic acid groups (broad SMARTS) is 1. The maximum Gasteiger partial charge on any atom is 0.328 e. The summed E-state index contributed by atoms with van der Waals surface area (Å²) < 4.78 is 8.60. The van der Waals surface area contributed by atoms with E-state index in [2.05, 4.69) is 14.9 Å². The lowest BCUT2D eigenvalue weighted by atomic mass is 9.95. The Bertz CT molecular complexity index is 955. The summed E-state index contributed by atoms with van der Waals surface area (Å²) in [5.74, 6) is -3.37. The number of ether oxygens (including phenoxy) is 1. The first kappa shape index (κ1) is 25.9. The number of nitrogens with one attached hydrogen (secondary N) is 1. The molecule has 2 saturated heterocycles. The van der Waals surface area contributed by atoms with Gasteiger partial charge in [0.2, 0.25) is 11.8 Å². The fraction of sp³-hybridized carbons (Fsp3) is 0.650. The highest BCUT2D eigenvalue weighted by molar-refractivity contribution is 8.00. The lowest BCUT2D eigenvalue weighted by molar-refractivity contribution is -0.301. The van der Waals surface area contributed by atoms with Crippen LogP contribution >= 0.6 is 23.3 Å². The molecule has 3 amide bonds. The molecule has 12 nitrogen and oxygen atoms in total. The van der Waals surface area contributed by atoms with E-state index in [4.69, 9.17) is 4.74 Å². The third-order valence-electron chi connectivity index (χ3n) is 5.86. The summed E-state index contributed by atoms with van der Waals surface area (Å²) in [7, 11) is 1.26. The Hall–Kier alpha value is -2.74. The molecule has 34 heavy (non-hydrogen) atoms. The molecule has 186 valence electrons. The number of likely N-dealkylation sites (tertiary alicyclic amines) is 2. The van der Waals surface area contributed by atoms with Crippen LogP contribution in [-0.4, -0.2) is 98.9 Å². The number of hydrogen-bond acceptors (Lipinski definition) is 11. The van der Waals surface area contributed by atoms with Crippen molar-refractivity contribution in [2.45, 2.75) is 50.7 Å². The third-order valence-corrected chi connectivity index (χ3v) is 7.57. The van der Waals surface area contributed by atoms with Crippen LogP contribution in [-0.2, 0) is 23.9 Å². The monoisotopic (exact) mass is 512 g/mol. The lowest BCUT2D eigenvalue weighted by Gasteiger charge is -2.41. The van der Waals surface area contributed by atoms with Gasteiger partial charge in [-0.3, -0.25) is 14.4 Å². The van der Waals surface area contributed by atoms with Crippen LogP contribution in [0.4, 0.5) is 0 Å². The van der Waals surface area contributed by atoms with Crippen LogP contribution in [0, 0.1) is 6.92 Å². The Balaban J connectivity index is 1.76. The molecular weight excluding hydrogens is 486 g/mol. The Morgan fingerprint density at radius 1 is 1.15 bits per heavy atom. The molecule has 0 spiro atoms. The highest BCUT2D eigenvalue weighted by Gasteiger charge is 2.43. The molecule has 3 heterocycles. The summed E-state index contributed by atoms with van der Waals surface area (Å²) in [6, 6.07) is -2.01. The first-order chi connectivity index (χ1) is 16.2. The summed E-state index contributed by atoms with van der Waals surface area (Å²) in [6.45, 7) is 2.23. The van der Waals surface area contributed by atoms with E-state index in [1.54, 1.807) is 6.92 Å². The number of aryl methyl sites for hydroxylation is 1. The Kier molecular flexibility index (Phi) is 8.83. The van der Waals surface area contributed by atoms with Crippen LogP contribution in [0.25, 0.3) is 0 Å². The number of amides is 3. The number of rotatable bonds is 8. The van der Waals surface area contributed by atoms with E-state index in [1.165, 1.54) is 16.9 Å². The zero-order valence-corrected chi connectivity index (χ0v) is 20.5. The second kappa shape index (κ2) is 11.6. The van der Waals surface area contributed by atoms with Crippen molar-refractivity contribution in [2.24, 2.45) is 0 Å². The van der Waals surface area contributed by atoms with Crippen LogP contribution < -0.4 is 10.4 Å². The van der Waals surface area contributed by atoms with Gasteiger partial charge < -0.3 is 29.8 Å². The number of aliphatic carboxylic acids is 1. The van der Waals surface area contributed by atoms with Crippen molar-refractivity contribution >= 4 is 53.0 Å². The molecule has 0 aliphatic carbocycles. The predicted molar refractivity (Wildman–Crippen MR) is 120 cm³/mol. The molecule has 2 fully saturated rings. The average Bonchev–Trinajstić information content (AvgIpc) is 3.46. The maximum absolute atomic E-state index is 13.5. The molecule has 0 bridgehead atoms. The summed E-state index contributed by atoms with van der Waals surface area (Å²) in [5.41, 5.74) is 0.505. The van der Waals surface area contributed by atoms with Crippen LogP contribution in [0.2, 0.25) is 0 Å². The predicted octanol–water partition coefficient (Wildman–Crippen LogP) is -1.42. The van der Waals surface area contributed by atoms with E-state index in [0.29, 0.717) is 36.4 Å². The van der Waals surface area contributed by atoms with Crippen molar-refractivity contribution < 1.29 is 33.8 Å². The number of carboxylic acids is 1. The van der Waals surface area contributed by atoms with Gasteiger partial charge in [0, 0.05) is 24.9 Å². The van der Waals surface area contributed by atoms with Gasteiger partial charge in [-0.1, -0.05) is 4.49 Å². The standard InChI is InChI=1S/C20H27N5O7S2/c1-11-17(34-23-22-11)18(29)21-12-5-7-24(15(26)9-33-10-16(27)28)14(8-12)19(30)25-6-3-4-13(25)20(31)32-2/h12-14H,3-10H2,1-2H3,(H,21,29)(H,27,28)/p-1/t12-,13+,14-/m0/s1. The molecule has 1 aromatic rings. The first-order valence-electron chi connectivity index (χ1n) is 10.8. The van der Waals surface area contributed by atoms with Crippen molar-refractivity contribution in [3.8, 4) is 0 Å². The molecule has 1 aromatic heterocycles. The molecule has 3 atom stereocenters. The SMILES string of the molecule is COC(=O)[C@H]1CCCN1C(=O)[C@@H]1C[C@@H](NC(=O)c2snnc2C)CCN1C(=O)CSCC(=O)[O-]. The second-order valence-corrected chi connectivity index (χ2v) is 9.80. The Labute approximate surface area is 204 Å². The van der Waals surface area contributed by atoms with E-state index in [9.17, 15) is 29.1 Å². The molecule has 2 aliphatic rings. The number of thioether (sulfide) groups is 1. The van der Waals surface area contributed by atoms with Gasteiger partial charge in [0.15, 0.2) is 0 Å². The largest absolute Gasteiger partial charge is 0.549 e. The number of piperidine rings is 1. The van der Waals surface area contributed by atoms with E-state index in [1.807, 2.05) is 0 Å². The molecular formula is C20H26N5O7S2-. The van der Waals surface area contributed by atoms with Crippen molar-refractivity contribution in [3.63, 3.8) is 0 Å². The third kappa shape index (κ3) is 6.03. The fourth-order valence-electron chi connectivity index (χ4n) is 4.23. The number of esters is 1. The van der Waals surface area contributed by atoms with E-state index in [0.717, 1.165) is 23.3 Å². The van der Waals surface area contributed by atoms with Gasteiger partial charge in [-0.15, -0.1) is 16.9 Å². The topological polar surface area (TPSA) is 162 Å². The van der Waals surface area contributed by atoms with Crippen LogP contribution in [0.3, 0.4) is 0 Å². The molecule has 2 aliphatic heterocycles. The van der Waals surface area contributed by atoms with Crippen LogP contribution in [0.15, 0.2) is 0 Å². The lowest BCUT2D eigenvalue weighted by Crippen LogP contribution is -2.59. The number of methoxy groups -OCH3 is 1. The number of carbonyl (C=O) groups is 5. The van der Waals surface area contributed by atoms with Crippen molar-refractivity contribution in [3.05, 3.63) is 10.6 Å². The smallest absolute Gasteiger partial charge is 0.328 e. The van der Waals surface area contributed by atoms with Gasteiger partial charge in [0.1, 0.15) is 17.0 Å². The maximum atomic E-state index is 13.5. The number of nitrogens with zero attached hydrogens (tertiary/aromatic N) is 4. The molecule has 14 heteroatoms. The molecule has 1 N–H and O–H groups in total. The molecule has 0 radical (unpaired) electrons.